The number of hydrogen-bond donors (Lipinski definition) is 0. The first-order valence-electron chi connectivity index (χ1n) is 9.35. The van der Waals surface area contributed by atoms with Gasteiger partial charge in [0.05, 0.1) is 7.11 Å². The third-order valence-electron chi connectivity index (χ3n) is 5.66. The maximum Gasteiger partial charge on any atom is 0.248 e. The highest BCUT2D eigenvalue weighted by molar-refractivity contribution is 5.77. The highest BCUT2D eigenvalue weighted by atomic mass is 16.5. The van der Waals surface area contributed by atoms with Crippen LogP contribution < -0.4 is 4.74 Å². The van der Waals surface area contributed by atoms with E-state index in [1.807, 2.05) is 17.9 Å². The summed E-state index contributed by atoms with van der Waals surface area (Å²) in [5.41, 5.74) is 1.70. The van der Waals surface area contributed by atoms with Crippen LogP contribution in [0, 0.1) is 5.41 Å². The van der Waals surface area contributed by atoms with Crippen LogP contribution in [0.3, 0.4) is 0 Å². The molecule has 5 heteroatoms. The Balaban J connectivity index is 1.50. The largest absolute Gasteiger partial charge is 0.497 e. The fourth-order valence-corrected chi connectivity index (χ4v) is 4.11. The fourth-order valence-electron chi connectivity index (χ4n) is 4.11. The van der Waals surface area contributed by atoms with Gasteiger partial charge in [-0.3, -0.25) is 9.69 Å². The van der Waals surface area contributed by atoms with Gasteiger partial charge in [-0.05, 0) is 55.8 Å². The van der Waals surface area contributed by atoms with Crippen LogP contribution in [-0.2, 0) is 16.1 Å². The number of rotatable bonds is 6. The number of methoxy groups -OCH3 is 1. The van der Waals surface area contributed by atoms with Crippen LogP contribution in [0.5, 0.6) is 5.75 Å². The van der Waals surface area contributed by atoms with Gasteiger partial charge >= 0.3 is 0 Å². The second-order valence-electron chi connectivity index (χ2n) is 7.33. The van der Waals surface area contributed by atoms with E-state index in [2.05, 4.69) is 23.1 Å². The van der Waals surface area contributed by atoms with Gasteiger partial charge in [0.2, 0.25) is 5.91 Å². The van der Waals surface area contributed by atoms with Gasteiger partial charge in [0.15, 0.2) is 0 Å². The first-order valence-corrected chi connectivity index (χ1v) is 9.35. The van der Waals surface area contributed by atoms with Crippen molar-refractivity contribution in [1.29, 1.82) is 0 Å². The Morgan fingerprint density at radius 2 is 1.96 bits per heavy atom. The van der Waals surface area contributed by atoms with Crippen molar-refractivity contribution in [2.45, 2.75) is 32.7 Å². The molecular weight excluding hydrogens is 316 g/mol. The molecule has 1 aromatic carbocycles. The summed E-state index contributed by atoms with van der Waals surface area (Å²) >= 11 is 0. The smallest absolute Gasteiger partial charge is 0.248 e. The molecule has 0 N–H and O–H groups in total. The average Bonchev–Trinajstić information content (AvgIpc) is 3.02. The fraction of sp³-hybridized carbons (Fsp3) is 0.650. The topological polar surface area (TPSA) is 42.0 Å². The molecule has 3 rings (SSSR count). The van der Waals surface area contributed by atoms with E-state index in [4.69, 9.17) is 9.47 Å². The number of carbonyl (C=O) groups excluding carboxylic acids is 1. The molecule has 0 saturated carbocycles. The van der Waals surface area contributed by atoms with Crippen molar-refractivity contribution in [3.8, 4) is 5.75 Å². The van der Waals surface area contributed by atoms with E-state index in [-0.39, 0.29) is 12.5 Å². The van der Waals surface area contributed by atoms with E-state index < -0.39 is 0 Å². The third-order valence-corrected chi connectivity index (χ3v) is 5.66. The van der Waals surface area contributed by atoms with Crippen molar-refractivity contribution < 1.29 is 14.3 Å². The van der Waals surface area contributed by atoms with Crippen LogP contribution >= 0.6 is 0 Å². The van der Waals surface area contributed by atoms with Gasteiger partial charge in [-0.25, -0.2) is 0 Å². The van der Waals surface area contributed by atoms with Gasteiger partial charge in [-0.15, -0.1) is 0 Å². The second kappa shape index (κ2) is 8.19. The number of piperidine rings is 1. The van der Waals surface area contributed by atoms with Crippen LogP contribution in [0.25, 0.3) is 0 Å². The molecule has 0 unspecified atom stereocenters. The van der Waals surface area contributed by atoms with Crippen molar-refractivity contribution in [1.82, 2.24) is 9.80 Å². The molecule has 1 aromatic rings. The Hall–Kier alpha value is -1.59. The second-order valence-corrected chi connectivity index (χ2v) is 7.33. The number of nitrogens with zero attached hydrogens (tertiary/aromatic N) is 2. The molecule has 0 radical (unpaired) electrons. The minimum absolute atomic E-state index is 0.142. The minimum Gasteiger partial charge on any atom is -0.497 e. The first-order chi connectivity index (χ1) is 12.1. The molecule has 2 heterocycles. The average molecular weight is 346 g/mol. The van der Waals surface area contributed by atoms with Gasteiger partial charge in [-0.1, -0.05) is 12.1 Å². The van der Waals surface area contributed by atoms with Crippen LogP contribution in [0.4, 0.5) is 0 Å². The van der Waals surface area contributed by atoms with Crippen molar-refractivity contribution in [2.24, 2.45) is 5.41 Å². The third kappa shape index (κ3) is 4.53. The normalized spacial score (nSPS) is 20.2. The zero-order valence-corrected chi connectivity index (χ0v) is 15.5. The van der Waals surface area contributed by atoms with Crippen molar-refractivity contribution >= 4 is 5.91 Å². The molecule has 0 aliphatic carbocycles. The molecule has 1 amide bonds. The lowest BCUT2D eigenvalue weighted by molar-refractivity contribution is -0.138. The van der Waals surface area contributed by atoms with E-state index in [1.54, 1.807) is 7.11 Å². The Bertz CT molecular complexity index is 582. The van der Waals surface area contributed by atoms with Gasteiger partial charge in [0, 0.05) is 32.8 Å². The number of benzene rings is 1. The summed E-state index contributed by atoms with van der Waals surface area (Å²) in [4.78, 5) is 16.6. The van der Waals surface area contributed by atoms with Crippen molar-refractivity contribution in [3.05, 3.63) is 29.8 Å². The highest BCUT2D eigenvalue weighted by Crippen LogP contribution is 2.40. The zero-order chi connectivity index (χ0) is 17.7. The monoisotopic (exact) mass is 346 g/mol. The minimum atomic E-state index is 0.142. The lowest BCUT2D eigenvalue weighted by atomic mass is 9.78. The molecule has 0 atom stereocenters. The summed E-state index contributed by atoms with van der Waals surface area (Å²) in [6.45, 7) is 7.76. The van der Waals surface area contributed by atoms with Crippen LogP contribution in [-0.4, -0.2) is 62.2 Å². The van der Waals surface area contributed by atoms with E-state index in [9.17, 15) is 4.79 Å². The lowest BCUT2D eigenvalue weighted by Crippen LogP contribution is -2.45. The molecule has 0 bridgehead atoms. The SMILES string of the molecule is CCOCC(=O)N1CCC2(CCN(Cc3cccc(OC)c3)C2)CC1. The summed E-state index contributed by atoms with van der Waals surface area (Å²) in [7, 11) is 1.71. The van der Waals surface area contributed by atoms with Gasteiger partial charge in [-0.2, -0.15) is 0 Å². The molecule has 138 valence electrons. The lowest BCUT2D eigenvalue weighted by Gasteiger charge is -2.39. The Kier molecular flexibility index (Phi) is 5.97. The van der Waals surface area contributed by atoms with E-state index >= 15 is 0 Å². The Morgan fingerprint density at radius 1 is 1.20 bits per heavy atom. The maximum absolute atomic E-state index is 12.1. The first kappa shape index (κ1) is 18.2. The zero-order valence-electron chi connectivity index (χ0n) is 15.5. The number of ether oxygens (including phenoxy) is 2. The standard InChI is InChI=1S/C20H30N2O3/c1-3-25-15-19(23)22-11-8-20(9-12-22)7-10-21(16-20)14-17-5-4-6-18(13-17)24-2/h4-6,13H,3,7-12,14-16H2,1-2H3. The van der Waals surface area contributed by atoms with Crippen molar-refractivity contribution in [3.63, 3.8) is 0 Å². The number of likely N-dealkylation sites (tertiary alicyclic amines) is 2. The maximum atomic E-state index is 12.1. The Morgan fingerprint density at radius 3 is 2.68 bits per heavy atom. The van der Waals surface area contributed by atoms with Gasteiger partial charge in [0.1, 0.15) is 12.4 Å². The van der Waals surface area contributed by atoms with Crippen LogP contribution in [0.15, 0.2) is 24.3 Å². The number of amides is 1. The van der Waals surface area contributed by atoms with Crippen molar-refractivity contribution in [2.75, 3.05) is 46.5 Å². The number of hydrogen-bond acceptors (Lipinski definition) is 4. The van der Waals surface area contributed by atoms with Gasteiger partial charge < -0.3 is 14.4 Å². The summed E-state index contributed by atoms with van der Waals surface area (Å²) in [6, 6.07) is 8.34. The molecule has 0 aromatic heterocycles. The highest BCUT2D eigenvalue weighted by Gasteiger charge is 2.41. The molecule has 5 nitrogen and oxygen atoms in total. The van der Waals surface area contributed by atoms with E-state index in [0.717, 1.165) is 51.3 Å². The summed E-state index contributed by atoms with van der Waals surface area (Å²) in [5.74, 6) is 1.07. The molecule has 2 saturated heterocycles. The molecule has 1 spiro atoms. The molecule has 25 heavy (non-hydrogen) atoms. The van der Waals surface area contributed by atoms with E-state index in [1.165, 1.54) is 12.0 Å². The summed E-state index contributed by atoms with van der Waals surface area (Å²) in [5, 5.41) is 0. The Labute approximate surface area is 150 Å². The van der Waals surface area contributed by atoms with Crippen LogP contribution in [0.2, 0.25) is 0 Å². The van der Waals surface area contributed by atoms with Gasteiger partial charge in [0.25, 0.3) is 0 Å². The summed E-state index contributed by atoms with van der Waals surface area (Å²) < 4.78 is 10.6. The summed E-state index contributed by atoms with van der Waals surface area (Å²) in [6.07, 6.45) is 3.46. The predicted molar refractivity (Wildman–Crippen MR) is 97.6 cm³/mol. The predicted octanol–water partition coefficient (Wildman–Crippen LogP) is 2.55. The number of carbonyl (C=O) groups is 1. The van der Waals surface area contributed by atoms with Crippen LogP contribution in [0.1, 0.15) is 31.7 Å². The molecule has 2 aliphatic rings. The molecule has 2 fully saturated rings. The molecule has 2 aliphatic heterocycles. The molecular formula is C20H30N2O3. The quantitative estimate of drug-likeness (QED) is 0.794. The van der Waals surface area contributed by atoms with E-state index in [0.29, 0.717) is 12.0 Å².